The van der Waals surface area contributed by atoms with E-state index in [4.69, 9.17) is 0 Å². The summed E-state index contributed by atoms with van der Waals surface area (Å²) in [7, 11) is 4.41. The van der Waals surface area contributed by atoms with Gasteiger partial charge in [-0.05, 0) is 71.6 Å². The van der Waals surface area contributed by atoms with Gasteiger partial charge in [0.1, 0.15) is 0 Å². The van der Waals surface area contributed by atoms with Crippen molar-refractivity contribution < 1.29 is 0 Å². The molecule has 0 radical (unpaired) electrons. The molecule has 3 rings (SSSR count). The van der Waals surface area contributed by atoms with Crippen LogP contribution < -0.4 is 5.32 Å². The van der Waals surface area contributed by atoms with Crippen LogP contribution in [0.1, 0.15) is 44.9 Å². The standard InChI is InChI=1S/C16H31N3/c1-17-14-10-15-4-3-5-16(11-14)19(15)12-13-6-8-18(2)9-7-13/h13-17H,3-12H2,1-2H3. The van der Waals surface area contributed by atoms with E-state index in [1.54, 1.807) is 0 Å². The molecule has 0 saturated carbocycles. The number of piperidine rings is 3. The van der Waals surface area contributed by atoms with E-state index in [-0.39, 0.29) is 0 Å². The van der Waals surface area contributed by atoms with Gasteiger partial charge in [-0.2, -0.15) is 0 Å². The van der Waals surface area contributed by atoms with Crippen molar-refractivity contribution in [2.24, 2.45) is 5.92 Å². The summed E-state index contributed by atoms with van der Waals surface area (Å²) in [5.41, 5.74) is 0. The fraction of sp³-hybridized carbons (Fsp3) is 1.00. The van der Waals surface area contributed by atoms with Crippen LogP contribution in [0.15, 0.2) is 0 Å². The number of fused-ring (bicyclic) bond motifs is 2. The van der Waals surface area contributed by atoms with Crippen molar-refractivity contribution in [1.29, 1.82) is 0 Å². The lowest BCUT2D eigenvalue weighted by molar-refractivity contribution is 0.00588. The highest BCUT2D eigenvalue weighted by Gasteiger charge is 2.38. The highest BCUT2D eigenvalue weighted by atomic mass is 15.2. The first-order valence-electron chi connectivity index (χ1n) is 8.38. The Labute approximate surface area is 118 Å². The van der Waals surface area contributed by atoms with Crippen LogP contribution in [0.5, 0.6) is 0 Å². The van der Waals surface area contributed by atoms with Crippen molar-refractivity contribution in [3.63, 3.8) is 0 Å². The maximum absolute atomic E-state index is 3.53. The van der Waals surface area contributed by atoms with Gasteiger partial charge in [-0.25, -0.2) is 0 Å². The first-order valence-corrected chi connectivity index (χ1v) is 8.38. The third-order valence-corrected chi connectivity index (χ3v) is 5.84. The zero-order valence-electron chi connectivity index (χ0n) is 12.8. The molecule has 0 spiro atoms. The molecule has 0 aromatic rings. The molecule has 19 heavy (non-hydrogen) atoms. The minimum atomic E-state index is 0.782. The predicted octanol–water partition coefficient (Wildman–Crippen LogP) is 1.93. The van der Waals surface area contributed by atoms with Gasteiger partial charge in [0.15, 0.2) is 0 Å². The number of hydrogen-bond acceptors (Lipinski definition) is 3. The Morgan fingerprint density at radius 2 is 1.63 bits per heavy atom. The van der Waals surface area contributed by atoms with Crippen LogP contribution in [0.25, 0.3) is 0 Å². The summed E-state index contributed by atoms with van der Waals surface area (Å²) in [4.78, 5) is 5.40. The van der Waals surface area contributed by atoms with E-state index in [1.807, 2.05) is 0 Å². The SMILES string of the molecule is CNC1CC2CCCC(C1)N2CC1CCN(C)CC1. The number of hydrogen-bond donors (Lipinski definition) is 1. The van der Waals surface area contributed by atoms with E-state index >= 15 is 0 Å². The maximum atomic E-state index is 3.53. The van der Waals surface area contributed by atoms with Crippen LogP contribution in [0.3, 0.4) is 0 Å². The number of likely N-dealkylation sites (tertiary alicyclic amines) is 1. The van der Waals surface area contributed by atoms with Gasteiger partial charge in [0.05, 0.1) is 0 Å². The molecule has 0 aliphatic carbocycles. The van der Waals surface area contributed by atoms with Crippen LogP contribution in [0, 0.1) is 5.92 Å². The van der Waals surface area contributed by atoms with Gasteiger partial charge in [0.2, 0.25) is 0 Å². The highest BCUT2D eigenvalue weighted by Crippen LogP contribution is 2.35. The van der Waals surface area contributed by atoms with E-state index in [1.165, 1.54) is 64.6 Å². The Morgan fingerprint density at radius 1 is 1.00 bits per heavy atom. The first-order chi connectivity index (χ1) is 9.26. The lowest BCUT2D eigenvalue weighted by Crippen LogP contribution is -2.57. The summed E-state index contributed by atoms with van der Waals surface area (Å²) in [6.07, 6.45) is 9.97. The molecule has 2 atom stereocenters. The molecule has 3 nitrogen and oxygen atoms in total. The third kappa shape index (κ3) is 3.14. The van der Waals surface area contributed by atoms with Crippen molar-refractivity contribution in [3.05, 3.63) is 0 Å². The van der Waals surface area contributed by atoms with Crippen LogP contribution in [0.2, 0.25) is 0 Å². The second-order valence-electron chi connectivity index (χ2n) is 7.14. The van der Waals surface area contributed by atoms with Crippen molar-refractivity contribution in [2.75, 3.05) is 33.7 Å². The fourth-order valence-corrected chi connectivity index (χ4v) is 4.56. The van der Waals surface area contributed by atoms with Gasteiger partial charge in [-0.3, -0.25) is 4.90 Å². The van der Waals surface area contributed by atoms with Crippen molar-refractivity contribution in [1.82, 2.24) is 15.1 Å². The quantitative estimate of drug-likeness (QED) is 0.841. The first kappa shape index (κ1) is 13.8. The molecule has 0 aromatic heterocycles. The van der Waals surface area contributed by atoms with Gasteiger partial charge in [0.25, 0.3) is 0 Å². The van der Waals surface area contributed by atoms with Crippen molar-refractivity contribution in [3.8, 4) is 0 Å². The lowest BCUT2D eigenvalue weighted by Gasteiger charge is -2.50. The fourth-order valence-electron chi connectivity index (χ4n) is 4.56. The van der Waals surface area contributed by atoms with Crippen LogP contribution in [-0.4, -0.2) is 61.7 Å². The topological polar surface area (TPSA) is 18.5 Å². The second-order valence-corrected chi connectivity index (χ2v) is 7.14. The number of rotatable bonds is 3. The minimum Gasteiger partial charge on any atom is -0.317 e. The molecule has 3 saturated heterocycles. The zero-order valence-corrected chi connectivity index (χ0v) is 12.8. The Morgan fingerprint density at radius 3 is 2.21 bits per heavy atom. The normalized spacial score (nSPS) is 38.5. The summed E-state index contributed by atoms with van der Waals surface area (Å²) in [6.45, 7) is 4.01. The summed E-state index contributed by atoms with van der Waals surface area (Å²) in [6, 6.07) is 2.54. The third-order valence-electron chi connectivity index (χ3n) is 5.84. The minimum absolute atomic E-state index is 0.782. The van der Waals surface area contributed by atoms with Gasteiger partial charge >= 0.3 is 0 Å². The average molecular weight is 265 g/mol. The predicted molar refractivity (Wildman–Crippen MR) is 80.4 cm³/mol. The summed E-state index contributed by atoms with van der Waals surface area (Å²) >= 11 is 0. The molecule has 3 aliphatic heterocycles. The van der Waals surface area contributed by atoms with E-state index in [9.17, 15) is 0 Å². The summed E-state index contributed by atoms with van der Waals surface area (Å²) < 4.78 is 0. The smallest absolute Gasteiger partial charge is 0.0113 e. The molecule has 0 aromatic carbocycles. The molecule has 2 unspecified atom stereocenters. The molecule has 0 amide bonds. The van der Waals surface area contributed by atoms with Gasteiger partial charge < -0.3 is 10.2 Å². The Hall–Kier alpha value is -0.120. The second kappa shape index (κ2) is 6.11. The van der Waals surface area contributed by atoms with Crippen LogP contribution >= 0.6 is 0 Å². The molecule has 110 valence electrons. The average Bonchev–Trinajstić information content (AvgIpc) is 2.41. The molecule has 3 fully saturated rings. The van der Waals surface area contributed by atoms with Gasteiger partial charge in [-0.15, -0.1) is 0 Å². The zero-order chi connectivity index (χ0) is 13.2. The summed E-state index contributed by atoms with van der Waals surface area (Å²) in [5.74, 6) is 0.963. The highest BCUT2D eigenvalue weighted by molar-refractivity contribution is 4.95. The lowest BCUT2D eigenvalue weighted by atomic mass is 9.80. The summed E-state index contributed by atoms with van der Waals surface area (Å²) in [5, 5.41) is 3.53. The molecular weight excluding hydrogens is 234 g/mol. The Balaban J connectivity index is 1.58. The van der Waals surface area contributed by atoms with Crippen molar-refractivity contribution in [2.45, 2.75) is 63.1 Å². The Bertz CT molecular complexity index is 272. The largest absolute Gasteiger partial charge is 0.317 e. The monoisotopic (exact) mass is 265 g/mol. The number of nitrogens with zero attached hydrogens (tertiary/aromatic N) is 2. The van der Waals surface area contributed by atoms with Crippen molar-refractivity contribution >= 4 is 0 Å². The Kier molecular flexibility index (Phi) is 4.45. The van der Waals surface area contributed by atoms with E-state index in [0.29, 0.717) is 0 Å². The molecule has 1 N–H and O–H groups in total. The van der Waals surface area contributed by atoms with Crippen LogP contribution in [-0.2, 0) is 0 Å². The number of nitrogens with one attached hydrogen (secondary N) is 1. The molecular formula is C16H31N3. The maximum Gasteiger partial charge on any atom is 0.0113 e. The molecule has 2 bridgehead atoms. The van der Waals surface area contributed by atoms with E-state index in [2.05, 4.69) is 29.2 Å². The van der Waals surface area contributed by atoms with Gasteiger partial charge in [0, 0.05) is 24.7 Å². The molecule has 3 heterocycles. The van der Waals surface area contributed by atoms with E-state index < -0.39 is 0 Å². The van der Waals surface area contributed by atoms with Gasteiger partial charge in [-0.1, -0.05) is 6.42 Å². The van der Waals surface area contributed by atoms with E-state index in [0.717, 1.165) is 24.0 Å². The molecule has 3 heteroatoms. The van der Waals surface area contributed by atoms with Crippen LogP contribution in [0.4, 0.5) is 0 Å². The molecule has 3 aliphatic rings.